The summed E-state index contributed by atoms with van der Waals surface area (Å²) in [6, 6.07) is 0. The summed E-state index contributed by atoms with van der Waals surface area (Å²) in [6.07, 6.45) is -0.330. The number of hydrogen-bond acceptors (Lipinski definition) is 5. The Morgan fingerprint density at radius 2 is 2.57 bits per heavy atom. The van der Waals surface area contributed by atoms with Gasteiger partial charge < -0.3 is 10.1 Å². The van der Waals surface area contributed by atoms with Crippen molar-refractivity contribution in [3.8, 4) is 0 Å². The van der Waals surface area contributed by atoms with E-state index in [1.807, 2.05) is 0 Å². The van der Waals surface area contributed by atoms with Gasteiger partial charge in [-0.2, -0.15) is 4.89 Å². The van der Waals surface area contributed by atoms with Crippen molar-refractivity contribution in [2.45, 2.75) is 12.7 Å². The number of nitrogens with one attached hydrogen (secondary N) is 1. The summed E-state index contributed by atoms with van der Waals surface area (Å²) in [6.45, 7) is 3.85. The highest BCUT2D eigenvalue weighted by molar-refractivity contribution is 5.84. The Morgan fingerprint density at radius 1 is 1.79 bits per heavy atom. The lowest BCUT2D eigenvalue weighted by Crippen LogP contribution is -2.38. The standard InChI is InChI=1S/C8H11NO5/c1-2-4-9-8(11)13-7-6(10)3-5-12-14-7/h2,7H,1,3-5H2,(H,9,11). The van der Waals surface area contributed by atoms with Crippen molar-refractivity contribution in [3.05, 3.63) is 12.7 Å². The van der Waals surface area contributed by atoms with Gasteiger partial charge in [0.25, 0.3) is 6.29 Å². The molecule has 1 heterocycles. The molecule has 1 amide bonds. The Labute approximate surface area is 80.7 Å². The van der Waals surface area contributed by atoms with Crippen LogP contribution >= 0.6 is 0 Å². The lowest BCUT2D eigenvalue weighted by atomic mass is 10.3. The molecule has 1 N–H and O–H groups in total. The van der Waals surface area contributed by atoms with Gasteiger partial charge in [0.05, 0.1) is 6.61 Å². The van der Waals surface area contributed by atoms with E-state index in [9.17, 15) is 9.59 Å². The zero-order valence-electron chi connectivity index (χ0n) is 7.52. The van der Waals surface area contributed by atoms with E-state index in [0.717, 1.165) is 0 Å². The zero-order chi connectivity index (χ0) is 10.4. The van der Waals surface area contributed by atoms with Gasteiger partial charge in [-0.25, -0.2) is 9.68 Å². The van der Waals surface area contributed by atoms with Crippen LogP contribution in [0, 0.1) is 0 Å². The smallest absolute Gasteiger partial charge is 0.409 e. The fraction of sp³-hybridized carbons (Fsp3) is 0.500. The summed E-state index contributed by atoms with van der Waals surface area (Å²) in [7, 11) is 0. The first-order chi connectivity index (χ1) is 6.74. The van der Waals surface area contributed by atoms with E-state index < -0.39 is 12.4 Å². The first-order valence-electron chi connectivity index (χ1n) is 4.10. The minimum atomic E-state index is -1.26. The summed E-state index contributed by atoms with van der Waals surface area (Å²) in [5.41, 5.74) is 0. The van der Waals surface area contributed by atoms with Crippen molar-refractivity contribution in [2.75, 3.05) is 13.2 Å². The molecule has 0 aromatic carbocycles. The molecule has 0 aromatic heterocycles. The minimum absolute atomic E-state index is 0.180. The third-order valence-electron chi connectivity index (χ3n) is 1.45. The van der Waals surface area contributed by atoms with Gasteiger partial charge in [0.1, 0.15) is 0 Å². The number of ether oxygens (including phenoxy) is 1. The Balaban J connectivity index is 2.30. The molecule has 0 aliphatic carbocycles. The summed E-state index contributed by atoms with van der Waals surface area (Å²) >= 11 is 0. The normalized spacial score (nSPS) is 21.4. The van der Waals surface area contributed by atoms with E-state index >= 15 is 0 Å². The van der Waals surface area contributed by atoms with E-state index in [4.69, 9.17) is 0 Å². The fourth-order valence-electron chi connectivity index (χ4n) is 0.803. The number of alkyl carbamates (subject to hydrolysis) is 1. The zero-order valence-corrected chi connectivity index (χ0v) is 7.52. The van der Waals surface area contributed by atoms with Crippen molar-refractivity contribution in [3.63, 3.8) is 0 Å². The van der Waals surface area contributed by atoms with Crippen LogP contribution in [-0.4, -0.2) is 31.3 Å². The third-order valence-corrected chi connectivity index (χ3v) is 1.45. The summed E-state index contributed by atoms with van der Waals surface area (Å²) in [4.78, 5) is 31.0. The molecule has 1 aliphatic rings. The summed E-state index contributed by atoms with van der Waals surface area (Å²) in [5.74, 6) is -0.315. The quantitative estimate of drug-likeness (QED) is 0.519. The molecule has 1 saturated heterocycles. The van der Waals surface area contributed by atoms with Crippen LogP contribution in [0.25, 0.3) is 0 Å². The molecule has 1 atom stereocenters. The number of carbonyl (C=O) groups excluding carboxylic acids is 2. The largest absolute Gasteiger partial charge is 0.410 e. The van der Waals surface area contributed by atoms with E-state index in [0.29, 0.717) is 0 Å². The Bertz CT molecular complexity index is 240. The topological polar surface area (TPSA) is 73.9 Å². The molecule has 0 aromatic rings. The van der Waals surface area contributed by atoms with Crippen molar-refractivity contribution in [1.82, 2.24) is 5.32 Å². The van der Waals surface area contributed by atoms with Gasteiger partial charge in [-0.3, -0.25) is 4.79 Å². The molecule has 14 heavy (non-hydrogen) atoms. The molecule has 0 spiro atoms. The Kier molecular flexibility index (Phi) is 4.09. The molecule has 6 nitrogen and oxygen atoms in total. The lowest BCUT2D eigenvalue weighted by molar-refractivity contribution is -0.367. The monoisotopic (exact) mass is 201 g/mol. The highest BCUT2D eigenvalue weighted by atomic mass is 17.2. The molecule has 0 radical (unpaired) electrons. The second kappa shape index (κ2) is 5.36. The molecular weight excluding hydrogens is 190 g/mol. The molecule has 1 fully saturated rings. The predicted octanol–water partition coefficient (Wildman–Crippen LogP) is 0.146. The molecule has 1 rings (SSSR count). The predicted molar refractivity (Wildman–Crippen MR) is 45.1 cm³/mol. The summed E-state index contributed by atoms with van der Waals surface area (Å²) < 4.78 is 4.61. The van der Waals surface area contributed by atoms with Crippen molar-refractivity contribution >= 4 is 11.9 Å². The molecule has 78 valence electrons. The second-order valence-electron chi connectivity index (χ2n) is 2.54. The number of ketones is 1. The van der Waals surface area contributed by atoms with Gasteiger partial charge in [0, 0.05) is 13.0 Å². The van der Waals surface area contributed by atoms with Crippen LogP contribution in [-0.2, 0) is 19.3 Å². The highest BCUT2D eigenvalue weighted by Gasteiger charge is 2.28. The number of Topliss-reactive ketones (excluding diaryl/α,β-unsaturated/α-hetero) is 1. The van der Waals surface area contributed by atoms with Crippen LogP contribution in [0.4, 0.5) is 4.79 Å². The number of amides is 1. The fourth-order valence-corrected chi connectivity index (χ4v) is 0.803. The minimum Gasteiger partial charge on any atom is -0.409 e. The van der Waals surface area contributed by atoms with Gasteiger partial charge in [-0.15, -0.1) is 6.58 Å². The number of carbonyl (C=O) groups is 2. The SMILES string of the molecule is C=CCNC(=O)OC1OOCCC1=O. The highest BCUT2D eigenvalue weighted by Crippen LogP contribution is 2.07. The first-order valence-corrected chi connectivity index (χ1v) is 4.10. The van der Waals surface area contributed by atoms with Crippen molar-refractivity contribution in [1.29, 1.82) is 0 Å². The van der Waals surface area contributed by atoms with E-state index in [-0.39, 0.29) is 25.4 Å². The maximum Gasteiger partial charge on any atom is 0.410 e. The van der Waals surface area contributed by atoms with Crippen LogP contribution in [0.2, 0.25) is 0 Å². The first kappa shape index (κ1) is 10.7. The Hall–Kier alpha value is -1.40. The number of rotatable bonds is 3. The molecule has 1 unspecified atom stereocenters. The van der Waals surface area contributed by atoms with E-state index in [1.54, 1.807) is 0 Å². The molecular formula is C8H11NO5. The van der Waals surface area contributed by atoms with Gasteiger partial charge in [0.15, 0.2) is 0 Å². The van der Waals surface area contributed by atoms with E-state index in [1.165, 1.54) is 6.08 Å². The van der Waals surface area contributed by atoms with Crippen LogP contribution in [0.1, 0.15) is 6.42 Å². The molecule has 0 saturated carbocycles. The van der Waals surface area contributed by atoms with Crippen molar-refractivity contribution in [2.24, 2.45) is 0 Å². The van der Waals surface area contributed by atoms with Crippen LogP contribution < -0.4 is 5.32 Å². The van der Waals surface area contributed by atoms with Crippen LogP contribution in [0.3, 0.4) is 0 Å². The summed E-state index contributed by atoms with van der Waals surface area (Å²) in [5, 5.41) is 2.33. The lowest BCUT2D eigenvalue weighted by Gasteiger charge is -2.19. The molecule has 6 heteroatoms. The van der Waals surface area contributed by atoms with Crippen LogP contribution in [0.5, 0.6) is 0 Å². The maximum atomic E-state index is 11.1. The average Bonchev–Trinajstić information content (AvgIpc) is 2.18. The molecule has 1 aliphatic heterocycles. The Morgan fingerprint density at radius 3 is 3.21 bits per heavy atom. The van der Waals surface area contributed by atoms with Gasteiger partial charge in [0.2, 0.25) is 5.78 Å². The van der Waals surface area contributed by atoms with Crippen molar-refractivity contribution < 1.29 is 24.1 Å². The van der Waals surface area contributed by atoms with Gasteiger partial charge in [-0.1, -0.05) is 6.08 Å². The third kappa shape index (κ3) is 3.15. The van der Waals surface area contributed by atoms with E-state index in [2.05, 4.69) is 26.4 Å². The second-order valence-corrected chi connectivity index (χ2v) is 2.54. The average molecular weight is 201 g/mol. The maximum absolute atomic E-state index is 11.1. The number of hydrogen-bond donors (Lipinski definition) is 1. The van der Waals surface area contributed by atoms with Gasteiger partial charge in [-0.05, 0) is 0 Å². The molecule has 0 bridgehead atoms. The van der Waals surface area contributed by atoms with Crippen LogP contribution in [0.15, 0.2) is 12.7 Å². The van der Waals surface area contributed by atoms with Gasteiger partial charge >= 0.3 is 6.09 Å².